The predicted octanol–water partition coefficient (Wildman–Crippen LogP) is -0.196. The first kappa shape index (κ1) is 13.1. The van der Waals surface area contributed by atoms with Crippen LogP contribution in [0.1, 0.15) is 19.3 Å². The van der Waals surface area contributed by atoms with Crippen LogP contribution in [0.2, 0.25) is 0 Å². The highest BCUT2D eigenvalue weighted by Gasteiger charge is 2.17. The van der Waals surface area contributed by atoms with Crippen molar-refractivity contribution in [2.75, 3.05) is 39.9 Å². The van der Waals surface area contributed by atoms with E-state index in [4.69, 9.17) is 4.74 Å². The summed E-state index contributed by atoms with van der Waals surface area (Å²) in [7, 11) is 1.65. The number of carbonyl (C=O) groups excluding carboxylic acids is 2. The van der Waals surface area contributed by atoms with Gasteiger partial charge in [0.05, 0.1) is 6.54 Å². The van der Waals surface area contributed by atoms with Gasteiger partial charge in [-0.15, -0.1) is 0 Å². The van der Waals surface area contributed by atoms with E-state index in [0.29, 0.717) is 51.4 Å². The molecule has 5 nitrogen and oxygen atoms in total. The van der Waals surface area contributed by atoms with Gasteiger partial charge in [-0.1, -0.05) is 0 Å². The fourth-order valence-electron chi connectivity index (χ4n) is 1.66. The number of nitrogens with zero attached hydrogens (tertiary/aromatic N) is 1. The van der Waals surface area contributed by atoms with Gasteiger partial charge in [-0.05, 0) is 6.42 Å². The highest BCUT2D eigenvalue weighted by atomic mass is 16.5. The molecule has 0 aliphatic carbocycles. The SMILES string of the molecule is COCCCNC(=O)CN1CCC(=O)CC1. The van der Waals surface area contributed by atoms with E-state index in [-0.39, 0.29) is 5.91 Å². The number of hydrogen-bond donors (Lipinski definition) is 1. The molecule has 0 spiro atoms. The standard InChI is InChI=1S/C11H20N2O3/c1-16-8-2-5-12-11(15)9-13-6-3-10(14)4-7-13/h2-9H2,1H3,(H,12,15). The lowest BCUT2D eigenvalue weighted by Gasteiger charge is -2.24. The van der Waals surface area contributed by atoms with Gasteiger partial charge in [0.1, 0.15) is 5.78 Å². The Morgan fingerprint density at radius 1 is 1.44 bits per heavy atom. The smallest absolute Gasteiger partial charge is 0.234 e. The average molecular weight is 228 g/mol. The predicted molar refractivity (Wildman–Crippen MR) is 60.2 cm³/mol. The number of carbonyl (C=O) groups is 2. The van der Waals surface area contributed by atoms with Gasteiger partial charge in [-0.2, -0.15) is 0 Å². The van der Waals surface area contributed by atoms with Crippen LogP contribution in [0.25, 0.3) is 0 Å². The number of ketones is 1. The second kappa shape index (κ2) is 7.35. The average Bonchev–Trinajstić information content (AvgIpc) is 2.28. The molecule has 1 rings (SSSR count). The molecule has 0 atom stereocenters. The van der Waals surface area contributed by atoms with Crippen molar-refractivity contribution in [1.29, 1.82) is 0 Å². The van der Waals surface area contributed by atoms with Crippen LogP contribution < -0.4 is 5.32 Å². The number of ether oxygens (including phenoxy) is 1. The molecule has 0 aromatic rings. The minimum atomic E-state index is 0.0328. The molecule has 5 heteroatoms. The molecule has 0 aromatic carbocycles. The van der Waals surface area contributed by atoms with Crippen LogP contribution in [-0.4, -0.2) is 56.5 Å². The van der Waals surface area contributed by atoms with E-state index in [9.17, 15) is 9.59 Å². The summed E-state index contributed by atoms with van der Waals surface area (Å²) in [5, 5.41) is 2.83. The lowest BCUT2D eigenvalue weighted by atomic mass is 10.1. The van der Waals surface area contributed by atoms with Crippen LogP contribution >= 0.6 is 0 Å². The molecule has 0 unspecified atom stereocenters. The van der Waals surface area contributed by atoms with Crippen LogP contribution in [0.15, 0.2) is 0 Å². The molecule has 1 fully saturated rings. The molecule has 1 amide bonds. The van der Waals surface area contributed by atoms with E-state index in [2.05, 4.69) is 5.32 Å². The van der Waals surface area contributed by atoms with Crippen LogP contribution in [0.3, 0.4) is 0 Å². The Morgan fingerprint density at radius 3 is 2.75 bits per heavy atom. The Kier molecular flexibility index (Phi) is 6.03. The molecular weight excluding hydrogens is 208 g/mol. The third-order valence-electron chi connectivity index (χ3n) is 2.63. The summed E-state index contributed by atoms with van der Waals surface area (Å²) in [6, 6.07) is 0. The summed E-state index contributed by atoms with van der Waals surface area (Å²) >= 11 is 0. The number of hydrogen-bond acceptors (Lipinski definition) is 4. The normalized spacial score (nSPS) is 17.4. The third-order valence-corrected chi connectivity index (χ3v) is 2.63. The second-order valence-corrected chi connectivity index (χ2v) is 4.01. The van der Waals surface area contributed by atoms with E-state index in [0.717, 1.165) is 6.42 Å². The van der Waals surface area contributed by atoms with Gasteiger partial charge in [0, 0.05) is 46.2 Å². The minimum Gasteiger partial charge on any atom is -0.385 e. The Bertz CT molecular complexity index is 233. The zero-order valence-electron chi connectivity index (χ0n) is 9.83. The largest absolute Gasteiger partial charge is 0.385 e. The summed E-state index contributed by atoms with van der Waals surface area (Å²) in [5.74, 6) is 0.335. The van der Waals surface area contributed by atoms with E-state index >= 15 is 0 Å². The number of Topliss-reactive ketones (excluding diaryl/α,β-unsaturated/α-hetero) is 1. The zero-order valence-corrected chi connectivity index (χ0v) is 9.83. The maximum absolute atomic E-state index is 11.5. The van der Waals surface area contributed by atoms with E-state index in [1.165, 1.54) is 0 Å². The minimum absolute atomic E-state index is 0.0328. The number of piperidine rings is 1. The number of nitrogens with one attached hydrogen (secondary N) is 1. The Morgan fingerprint density at radius 2 is 2.12 bits per heavy atom. The summed E-state index contributed by atoms with van der Waals surface area (Å²) in [6.45, 7) is 3.15. The van der Waals surface area contributed by atoms with Crippen LogP contribution in [-0.2, 0) is 14.3 Å². The first-order valence-electron chi connectivity index (χ1n) is 5.72. The Labute approximate surface area is 96.1 Å². The fourth-order valence-corrected chi connectivity index (χ4v) is 1.66. The van der Waals surface area contributed by atoms with Gasteiger partial charge in [-0.25, -0.2) is 0 Å². The molecule has 1 N–H and O–H groups in total. The van der Waals surface area contributed by atoms with Crippen LogP contribution in [0.4, 0.5) is 0 Å². The quantitative estimate of drug-likeness (QED) is 0.640. The van der Waals surface area contributed by atoms with Crippen molar-refractivity contribution in [2.45, 2.75) is 19.3 Å². The summed E-state index contributed by atoms with van der Waals surface area (Å²) in [6.07, 6.45) is 1.99. The molecule has 1 aliphatic rings. The fraction of sp³-hybridized carbons (Fsp3) is 0.818. The first-order valence-corrected chi connectivity index (χ1v) is 5.72. The lowest BCUT2D eigenvalue weighted by molar-refractivity contribution is -0.126. The topological polar surface area (TPSA) is 58.6 Å². The zero-order chi connectivity index (χ0) is 11.8. The van der Waals surface area contributed by atoms with Crippen molar-refractivity contribution in [1.82, 2.24) is 10.2 Å². The van der Waals surface area contributed by atoms with E-state index < -0.39 is 0 Å². The second-order valence-electron chi connectivity index (χ2n) is 4.01. The van der Waals surface area contributed by atoms with Gasteiger partial charge >= 0.3 is 0 Å². The number of likely N-dealkylation sites (tertiary alicyclic amines) is 1. The van der Waals surface area contributed by atoms with Gasteiger partial charge in [0.25, 0.3) is 0 Å². The first-order chi connectivity index (χ1) is 7.72. The van der Waals surface area contributed by atoms with Crippen LogP contribution in [0.5, 0.6) is 0 Å². The van der Waals surface area contributed by atoms with E-state index in [1.807, 2.05) is 4.90 Å². The maximum atomic E-state index is 11.5. The summed E-state index contributed by atoms with van der Waals surface area (Å²) < 4.78 is 4.89. The van der Waals surface area contributed by atoms with Gasteiger partial charge in [0.15, 0.2) is 0 Å². The Hall–Kier alpha value is -0.940. The van der Waals surface area contributed by atoms with E-state index in [1.54, 1.807) is 7.11 Å². The molecule has 0 radical (unpaired) electrons. The van der Waals surface area contributed by atoms with Crippen molar-refractivity contribution in [2.24, 2.45) is 0 Å². The Balaban J connectivity index is 2.07. The highest BCUT2D eigenvalue weighted by Crippen LogP contribution is 2.04. The van der Waals surface area contributed by atoms with Crippen molar-refractivity contribution >= 4 is 11.7 Å². The molecule has 0 saturated carbocycles. The highest BCUT2D eigenvalue weighted by molar-refractivity contribution is 5.81. The van der Waals surface area contributed by atoms with Gasteiger partial charge < -0.3 is 10.1 Å². The van der Waals surface area contributed by atoms with Crippen molar-refractivity contribution in [3.63, 3.8) is 0 Å². The molecule has 0 aromatic heterocycles. The molecular formula is C11H20N2O3. The monoisotopic (exact) mass is 228 g/mol. The lowest BCUT2D eigenvalue weighted by Crippen LogP contribution is -2.41. The number of amides is 1. The summed E-state index contributed by atoms with van der Waals surface area (Å²) in [4.78, 5) is 24.5. The molecule has 0 bridgehead atoms. The van der Waals surface area contributed by atoms with Crippen molar-refractivity contribution in [3.8, 4) is 0 Å². The molecule has 1 aliphatic heterocycles. The van der Waals surface area contributed by atoms with Crippen molar-refractivity contribution in [3.05, 3.63) is 0 Å². The molecule has 1 heterocycles. The van der Waals surface area contributed by atoms with Gasteiger partial charge in [0.2, 0.25) is 5.91 Å². The van der Waals surface area contributed by atoms with Crippen molar-refractivity contribution < 1.29 is 14.3 Å². The molecule has 1 saturated heterocycles. The molecule has 16 heavy (non-hydrogen) atoms. The van der Waals surface area contributed by atoms with Crippen LogP contribution in [0, 0.1) is 0 Å². The molecule has 92 valence electrons. The third kappa shape index (κ3) is 5.23. The maximum Gasteiger partial charge on any atom is 0.234 e. The number of methoxy groups -OCH3 is 1. The summed E-state index contributed by atoms with van der Waals surface area (Å²) in [5.41, 5.74) is 0. The number of rotatable bonds is 6. The van der Waals surface area contributed by atoms with Gasteiger partial charge in [-0.3, -0.25) is 14.5 Å².